The van der Waals surface area contributed by atoms with E-state index in [4.69, 9.17) is 11.5 Å². The van der Waals surface area contributed by atoms with E-state index in [0.717, 1.165) is 6.54 Å². The zero-order valence-electron chi connectivity index (χ0n) is 10.3. The molecule has 0 atom stereocenters. The van der Waals surface area contributed by atoms with Gasteiger partial charge in [-0.05, 0) is 48.5 Å². The van der Waals surface area contributed by atoms with Crippen molar-refractivity contribution in [3.05, 3.63) is 23.8 Å². The molecule has 1 amide bonds. The average molecular weight is 265 g/mol. The maximum atomic E-state index is 12.0. The van der Waals surface area contributed by atoms with Gasteiger partial charge in [0.1, 0.15) is 0 Å². The highest BCUT2D eigenvalue weighted by Crippen LogP contribution is 2.22. The minimum atomic E-state index is -0.106. The molecule has 1 aliphatic heterocycles. The van der Waals surface area contributed by atoms with Crippen LogP contribution in [0.4, 0.5) is 11.4 Å². The second-order valence-corrected chi connectivity index (χ2v) is 5.84. The fourth-order valence-electron chi connectivity index (χ4n) is 2.07. The molecule has 0 aromatic heterocycles. The average Bonchev–Trinajstić information content (AvgIpc) is 2.37. The van der Waals surface area contributed by atoms with Gasteiger partial charge in [0.25, 0.3) is 5.91 Å². The molecule has 1 fully saturated rings. The molecule has 1 saturated heterocycles. The normalized spacial score (nSPS) is 16.4. The van der Waals surface area contributed by atoms with E-state index in [-0.39, 0.29) is 5.91 Å². The summed E-state index contributed by atoms with van der Waals surface area (Å²) in [7, 11) is 0. The monoisotopic (exact) mass is 265 g/mol. The van der Waals surface area contributed by atoms with Crippen LogP contribution < -0.4 is 16.8 Å². The molecule has 0 spiro atoms. The zero-order valence-corrected chi connectivity index (χ0v) is 11.1. The number of benzene rings is 1. The predicted octanol–water partition coefficient (Wildman–Crippen LogP) is 1.72. The van der Waals surface area contributed by atoms with Crippen LogP contribution in [0.15, 0.2) is 18.2 Å². The molecule has 5 heteroatoms. The number of carbonyl (C=O) groups is 1. The molecule has 0 bridgehead atoms. The molecule has 2 rings (SSSR count). The third kappa shape index (κ3) is 3.32. The van der Waals surface area contributed by atoms with Gasteiger partial charge in [-0.15, -0.1) is 0 Å². The molecular weight excluding hydrogens is 246 g/mol. The minimum Gasteiger partial charge on any atom is -0.399 e. The van der Waals surface area contributed by atoms with Crippen molar-refractivity contribution < 1.29 is 4.79 Å². The van der Waals surface area contributed by atoms with Gasteiger partial charge in [0.15, 0.2) is 0 Å². The number of thioether (sulfide) groups is 1. The number of rotatable bonds is 3. The summed E-state index contributed by atoms with van der Waals surface area (Å²) in [6.45, 7) is 0.739. The summed E-state index contributed by atoms with van der Waals surface area (Å²) in [5.74, 6) is 2.89. The Balaban J connectivity index is 1.90. The summed E-state index contributed by atoms with van der Waals surface area (Å²) in [4.78, 5) is 12.0. The van der Waals surface area contributed by atoms with Crippen LogP contribution in [0, 0.1) is 5.92 Å². The lowest BCUT2D eigenvalue weighted by atomic mass is 10.0. The van der Waals surface area contributed by atoms with Gasteiger partial charge in [-0.2, -0.15) is 11.8 Å². The summed E-state index contributed by atoms with van der Waals surface area (Å²) in [5.41, 5.74) is 12.9. The second kappa shape index (κ2) is 6.00. The Labute approximate surface area is 111 Å². The highest BCUT2D eigenvalue weighted by atomic mass is 32.2. The van der Waals surface area contributed by atoms with Crippen LogP contribution in [0.3, 0.4) is 0 Å². The van der Waals surface area contributed by atoms with Crippen molar-refractivity contribution in [1.29, 1.82) is 0 Å². The molecule has 0 unspecified atom stereocenters. The van der Waals surface area contributed by atoms with Gasteiger partial charge < -0.3 is 16.8 Å². The Morgan fingerprint density at radius 2 is 2.06 bits per heavy atom. The Hall–Kier alpha value is -1.36. The molecular formula is C13H19N3OS. The number of carbonyl (C=O) groups excluding carboxylic acids is 1. The van der Waals surface area contributed by atoms with Crippen LogP contribution in [0.1, 0.15) is 23.2 Å². The number of nitrogen functional groups attached to an aromatic ring is 2. The van der Waals surface area contributed by atoms with Crippen LogP contribution in [-0.4, -0.2) is 24.0 Å². The van der Waals surface area contributed by atoms with E-state index in [0.29, 0.717) is 22.9 Å². The van der Waals surface area contributed by atoms with Gasteiger partial charge in [0, 0.05) is 17.9 Å². The second-order valence-electron chi connectivity index (χ2n) is 4.61. The first-order chi connectivity index (χ1) is 8.66. The van der Waals surface area contributed by atoms with Crippen molar-refractivity contribution in [1.82, 2.24) is 5.32 Å². The van der Waals surface area contributed by atoms with Crippen LogP contribution in [0.5, 0.6) is 0 Å². The third-order valence-electron chi connectivity index (χ3n) is 3.21. The highest BCUT2D eigenvalue weighted by Gasteiger charge is 2.16. The number of hydrogen-bond acceptors (Lipinski definition) is 4. The maximum absolute atomic E-state index is 12.0. The molecule has 98 valence electrons. The molecule has 0 radical (unpaired) electrons. The quantitative estimate of drug-likeness (QED) is 0.727. The van der Waals surface area contributed by atoms with Gasteiger partial charge >= 0.3 is 0 Å². The van der Waals surface area contributed by atoms with Crippen molar-refractivity contribution in [2.24, 2.45) is 5.92 Å². The molecule has 1 aliphatic rings. The smallest absolute Gasteiger partial charge is 0.253 e. The standard InChI is InChI=1S/C13H19N3OS/c14-10-1-2-11(12(15)7-10)13(17)16-8-9-3-5-18-6-4-9/h1-2,7,9H,3-6,8,14-15H2,(H,16,17). The zero-order chi connectivity index (χ0) is 13.0. The summed E-state index contributed by atoms with van der Waals surface area (Å²) in [6.07, 6.45) is 2.37. The van der Waals surface area contributed by atoms with E-state index in [2.05, 4.69) is 5.32 Å². The Morgan fingerprint density at radius 1 is 1.33 bits per heavy atom. The molecule has 1 heterocycles. The summed E-state index contributed by atoms with van der Waals surface area (Å²) in [5, 5.41) is 2.96. The topological polar surface area (TPSA) is 81.1 Å². The van der Waals surface area contributed by atoms with Crippen molar-refractivity contribution in [3.63, 3.8) is 0 Å². The van der Waals surface area contributed by atoms with E-state index in [9.17, 15) is 4.79 Å². The first-order valence-corrected chi connectivity index (χ1v) is 7.33. The number of nitrogens with two attached hydrogens (primary N) is 2. The molecule has 1 aromatic rings. The van der Waals surface area contributed by atoms with Crippen LogP contribution in [-0.2, 0) is 0 Å². The maximum Gasteiger partial charge on any atom is 0.253 e. The van der Waals surface area contributed by atoms with Crippen molar-refractivity contribution in [2.75, 3.05) is 29.5 Å². The van der Waals surface area contributed by atoms with Gasteiger partial charge in [0.05, 0.1) is 5.56 Å². The van der Waals surface area contributed by atoms with Gasteiger partial charge in [0.2, 0.25) is 0 Å². The van der Waals surface area contributed by atoms with Crippen LogP contribution >= 0.6 is 11.8 Å². The molecule has 0 aliphatic carbocycles. The molecule has 0 saturated carbocycles. The molecule has 4 nitrogen and oxygen atoms in total. The fraction of sp³-hybridized carbons (Fsp3) is 0.462. The number of anilines is 2. The number of hydrogen-bond donors (Lipinski definition) is 3. The van der Waals surface area contributed by atoms with E-state index in [1.807, 2.05) is 11.8 Å². The molecule has 1 aromatic carbocycles. The summed E-state index contributed by atoms with van der Waals surface area (Å²) in [6, 6.07) is 4.99. The molecule has 18 heavy (non-hydrogen) atoms. The highest BCUT2D eigenvalue weighted by molar-refractivity contribution is 7.99. The first kappa shape index (κ1) is 13.1. The lowest BCUT2D eigenvalue weighted by Gasteiger charge is -2.21. The summed E-state index contributed by atoms with van der Waals surface area (Å²) < 4.78 is 0. The van der Waals surface area contributed by atoms with E-state index < -0.39 is 0 Å². The minimum absolute atomic E-state index is 0.106. The Kier molecular flexibility index (Phi) is 4.36. The molecule has 5 N–H and O–H groups in total. The van der Waals surface area contributed by atoms with Crippen LogP contribution in [0.2, 0.25) is 0 Å². The van der Waals surface area contributed by atoms with Gasteiger partial charge in [-0.3, -0.25) is 4.79 Å². The van der Waals surface area contributed by atoms with E-state index in [1.165, 1.54) is 24.3 Å². The Bertz CT molecular complexity index is 430. The largest absolute Gasteiger partial charge is 0.399 e. The van der Waals surface area contributed by atoms with Gasteiger partial charge in [-0.25, -0.2) is 0 Å². The van der Waals surface area contributed by atoms with E-state index in [1.54, 1.807) is 18.2 Å². The van der Waals surface area contributed by atoms with Crippen molar-refractivity contribution in [2.45, 2.75) is 12.8 Å². The lowest BCUT2D eigenvalue weighted by Crippen LogP contribution is -2.31. The third-order valence-corrected chi connectivity index (χ3v) is 4.26. The predicted molar refractivity (Wildman–Crippen MR) is 77.6 cm³/mol. The van der Waals surface area contributed by atoms with Crippen molar-refractivity contribution in [3.8, 4) is 0 Å². The fourth-order valence-corrected chi connectivity index (χ4v) is 3.27. The van der Waals surface area contributed by atoms with Crippen LogP contribution in [0.25, 0.3) is 0 Å². The Morgan fingerprint density at radius 3 is 2.72 bits per heavy atom. The van der Waals surface area contributed by atoms with Gasteiger partial charge in [-0.1, -0.05) is 0 Å². The number of nitrogens with one attached hydrogen (secondary N) is 1. The van der Waals surface area contributed by atoms with E-state index >= 15 is 0 Å². The van der Waals surface area contributed by atoms with Crippen molar-refractivity contribution >= 4 is 29.0 Å². The summed E-state index contributed by atoms with van der Waals surface area (Å²) >= 11 is 1.99. The first-order valence-electron chi connectivity index (χ1n) is 6.18. The number of amides is 1. The lowest BCUT2D eigenvalue weighted by molar-refractivity contribution is 0.0947. The SMILES string of the molecule is Nc1ccc(C(=O)NCC2CCSCC2)c(N)c1.